The molecule has 0 aliphatic heterocycles. The molecule has 1 aromatic rings. The van der Waals surface area contributed by atoms with Crippen molar-refractivity contribution in [3.63, 3.8) is 0 Å². The summed E-state index contributed by atoms with van der Waals surface area (Å²) < 4.78 is 10.7. The number of ether oxygens (including phenoxy) is 2. The molecule has 0 amide bonds. The van der Waals surface area contributed by atoms with Gasteiger partial charge in [-0.25, -0.2) is 0 Å². The van der Waals surface area contributed by atoms with E-state index >= 15 is 0 Å². The number of rotatable bonds is 8. The number of hydrogen-bond donors (Lipinski definition) is 0. The molecule has 18 heavy (non-hydrogen) atoms. The van der Waals surface area contributed by atoms with Crippen LogP contribution in [0.3, 0.4) is 0 Å². The summed E-state index contributed by atoms with van der Waals surface area (Å²) in [5.41, 5.74) is 1.07. The second-order valence-electron chi connectivity index (χ2n) is 4.27. The van der Waals surface area contributed by atoms with Gasteiger partial charge >= 0.3 is 0 Å². The standard InChI is InChI=1S/C14H23BNO2/c1-5-9-16(10-6-2)15-13-11-12(17-3)7-8-14(13)18-4/h7-8,11H,5-6,9-10H2,1-4H3. The molecule has 0 N–H and O–H groups in total. The Bertz CT molecular complexity index is 352. The molecule has 0 spiro atoms. The van der Waals surface area contributed by atoms with Gasteiger partial charge in [-0.1, -0.05) is 13.8 Å². The third kappa shape index (κ3) is 4.26. The van der Waals surface area contributed by atoms with E-state index in [1.807, 2.05) is 18.2 Å². The minimum absolute atomic E-state index is 0.856. The van der Waals surface area contributed by atoms with Gasteiger partial charge in [0.2, 0.25) is 0 Å². The molecule has 0 aromatic heterocycles. The van der Waals surface area contributed by atoms with E-state index in [-0.39, 0.29) is 0 Å². The smallest absolute Gasteiger partial charge is 0.252 e. The highest BCUT2D eigenvalue weighted by Crippen LogP contribution is 2.14. The molecule has 0 atom stereocenters. The molecule has 1 radical (unpaired) electrons. The fourth-order valence-corrected chi connectivity index (χ4v) is 1.95. The Morgan fingerprint density at radius 2 is 1.72 bits per heavy atom. The Kier molecular flexibility index (Phi) is 6.65. The predicted molar refractivity (Wildman–Crippen MR) is 77.1 cm³/mol. The maximum absolute atomic E-state index is 5.39. The van der Waals surface area contributed by atoms with Crippen LogP contribution >= 0.6 is 0 Å². The van der Waals surface area contributed by atoms with Crippen LogP contribution in [0.2, 0.25) is 0 Å². The van der Waals surface area contributed by atoms with Crippen molar-refractivity contribution in [1.29, 1.82) is 0 Å². The molecule has 4 heteroatoms. The summed E-state index contributed by atoms with van der Waals surface area (Å²) in [5, 5.41) is 0. The van der Waals surface area contributed by atoms with Crippen LogP contribution in [0.4, 0.5) is 0 Å². The van der Waals surface area contributed by atoms with Gasteiger partial charge in [-0.15, -0.1) is 0 Å². The summed E-state index contributed by atoms with van der Waals surface area (Å²) in [6, 6.07) is 5.87. The zero-order chi connectivity index (χ0) is 13.4. The fourth-order valence-electron chi connectivity index (χ4n) is 1.95. The summed E-state index contributed by atoms with van der Waals surface area (Å²) >= 11 is 0. The molecule has 0 unspecified atom stereocenters. The predicted octanol–water partition coefficient (Wildman–Crippen LogP) is 2.07. The van der Waals surface area contributed by atoms with Crippen molar-refractivity contribution in [2.24, 2.45) is 0 Å². The largest absolute Gasteiger partial charge is 0.497 e. The topological polar surface area (TPSA) is 21.7 Å². The third-order valence-corrected chi connectivity index (χ3v) is 2.78. The quantitative estimate of drug-likeness (QED) is 0.657. The van der Waals surface area contributed by atoms with Crippen molar-refractivity contribution in [2.75, 3.05) is 27.3 Å². The lowest BCUT2D eigenvalue weighted by molar-refractivity contribution is 0.404. The van der Waals surface area contributed by atoms with Crippen LogP contribution in [0.5, 0.6) is 11.5 Å². The SMILES string of the molecule is CCCN([B]c1cc(OC)ccc1OC)CCC. The van der Waals surface area contributed by atoms with Crippen LogP contribution < -0.4 is 14.9 Å². The van der Waals surface area contributed by atoms with Crippen molar-refractivity contribution in [2.45, 2.75) is 26.7 Å². The first-order valence-electron chi connectivity index (χ1n) is 6.56. The van der Waals surface area contributed by atoms with Crippen molar-refractivity contribution in [3.8, 4) is 11.5 Å². The van der Waals surface area contributed by atoms with Crippen LogP contribution in [0.1, 0.15) is 26.7 Å². The van der Waals surface area contributed by atoms with E-state index in [2.05, 4.69) is 26.1 Å². The molecular weight excluding hydrogens is 225 g/mol. The van der Waals surface area contributed by atoms with E-state index in [4.69, 9.17) is 9.47 Å². The average Bonchev–Trinajstić information content (AvgIpc) is 2.39. The summed E-state index contributed by atoms with van der Waals surface area (Å²) in [7, 11) is 5.54. The number of nitrogens with zero attached hydrogens (tertiary/aromatic N) is 1. The van der Waals surface area contributed by atoms with Gasteiger partial charge in [0.05, 0.1) is 14.2 Å². The number of hydrogen-bond acceptors (Lipinski definition) is 3. The van der Waals surface area contributed by atoms with Gasteiger partial charge in [0.15, 0.2) is 0 Å². The van der Waals surface area contributed by atoms with Crippen LogP contribution in [-0.4, -0.2) is 39.5 Å². The van der Waals surface area contributed by atoms with Crippen molar-refractivity contribution >= 4 is 12.9 Å². The molecule has 1 rings (SSSR count). The Balaban J connectivity index is 2.84. The highest BCUT2D eigenvalue weighted by Gasteiger charge is 2.12. The third-order valence-electron chi connectivity index (χ3n) is 2.78. The zero-order valence-corrected chi connectivity index (χ0v) is 11.9. The lowest BCUT2D eigenvalue weighted by Gasteiger charge is -2.21. The Morgan fingerprint density at radius 1 is 1.06 bits per heavy atom. The average molecular weight is 248 g/mol. The molecule has 0 saturated carbocycles. The molecule has 0 bridgehead atoms. The maximum atomic E-state index is 5.39. The van der Waals surface area contributed by atoms with Gasteiger partial charge < -0.3 is 14.3 Å². The highest BCUT2D eigenvalue weighted by molar-refractivity contribution is 6.52. The van der Waals surface area contributed by atoms with Crippen molar-refractivity contribution < 1.29 is 9.47 Å². The normalized spacial score (nSPS) is 10.5. The van der Waals surface area contributed by atoms with Crippen LogP contribution in [0.25, 0.3) is 0 Å². The monoisotopic (exact) mass is 248 g/mol. The van der Waals surface area contributed by atoms with Gasteiger partial charge in [-0.05, 0) is 49.6 Å². The minimum atomic E-state index is 0.856. The molecule has 0 aliphatic carbocycles. The molecular formula is C14H23BNO2. The second kappa shape index (κ2) is 8.04. The van der Waals surface area contributed by atoms with Crippen molar-refractivity contribution in [1.82, 2.24) is 4.81 Å². The summed E-state index contributed by atoms with van der Waals surface area (Å²) in [6.45, 7) is 6.51. The van der Waals surface area contributed by atoms with E-state index in [0.717, 1.165) is 42.9 Å². The van der Waals surface area contributed by atoms with Gasteiger partial charge in [0, 0.05) is 0 Å². The minimum Gasteiger partial charge on any atom is -0.497 e. The van der Waals surface area contributed by atoms with Gasteiger partial charge in [0.1, 0.15) is 11.5 Å². The van der Waals surface area contributed by atoms with Gasteiger partial charge in [-0.3, -0.25) is 0 Å². The molecule has 0 heterocycles. The Labute approximate surface area is 111 Å². The molecule has 99 valence electrons. The highest BCUT2D eigenvalue weighted by atomic mass is 16.5. The molecule has 0 aliphatic rings. The first kappa shape index (κ1) is 14.9. The van der Waals surface area contributed by atoms with Crippen LogP contribution in [0.15, 0.2) is 18.2 Å². The van der Waals surface area contributed by atoms with Crippen LogP contribution in [0, 0.1) is 0 Å². The summed E-state index contributed by atoms with van der Waals surface area (Å²) in [5.74, 6) is 1.74. The van der Waals surface area contributed by atoms with E-state index in [1.165, 1.54) is 0 Å². The van der Waals surface area contributed by atoms with Gasteiger partial charge in [0.25, 0.3) is 7.41 Å². The molecule has 0 saturated heterocycles. The number of benzene rings is 1. The Morgan fingerprint density at radius 3 is 2.22 bits per heavy atom. The lowest BCUT2D eigenvalue weighted by atomic mass is 9.79. The van der Waals surface area contributed by atoms with E-state index in [0.29, 0.717) is 0 Å². The van der Waals surface area contributed by atoms with E-state index in [1.54, 1.807) is 14.2 Å². The fraction of sp³-hybridized carbons (Fsp3) is 0.571. The molecule has 1 aromatic carbocycles. The second-order valence-corrected chi connectivity index (χ2v) is 4.27. The summed E-state index contributed by atoms with van der Waals surface area (Å²) in [4.78, 5) is 2.33. The maximum Gasteiger partial charge on any atom is 0.252 e. The van der Waals surface area contributed by atoms with Gasteiger partial charge in [-0.2, -0.15) is 0 Å². The van der Waals surface area contributed by atoms with Crippen molar-refractivity contribution in [3.05, 3.63) is 18.2 Å². The van der Waals surface area contributed by atoms with Crippen LogP contribution in [-0.2, 0) is 0 Å². The van der Waals surface area contributed by atoms with E-state index in [9.17, 15) is 0 Å². The Hall–Kier alpha value is -1.16. The molecule has 3 nitrogen and oxygen atoms in total. The summed E-state index contributed by atoms with van der Waals surface area (Å²) in [6.07, 6.45) is 2.28. The first-order chi connectivity index (χ1) is 8.74. The zero-order valence-electron chi connectivity index (χ0n) is 11.9. The van der Waals surface area contributed by atoms with E-state index < -0.39 is 0 Å². The lowest BCUT2D eigenvalue weighted by Crippen LogP contribution is -2.37. The molecule has 0 fully saturated rings. The number of methoxy groups -OCH3 is 2. The first-order valence-corrected chi connectivity index (χ1v) is 6.56.